The Hall–Kier alpha value is -1.72. The SMILES string of the molecule is NC(=NO)c1cc(Cl)ccc1N1CCc2sccc2C1. The van der Waals surface area contributed by atoms with Crippen LogP contribution in [0.5, 0.6) is 0 Å². The highest BCUT2D eigenvalue weighted by Gasteiger charge is 2.20. The fourth-order valence-corrected chi connectivity index (χ4v) is 3.56. The molecule has 0 bridgehead atoms. The summed E-state index contributed by atoms with van der Waals surface area (Å²) in [7, 11) is 0. The molecule has 0 saturated heterocycles. The first kappa shape index (κ1) is 13.3. The van der Waals surface area contributed by atoms with E-state index in [1.54, 1.807) is 17.4 Å². The van der Waals surface area contributed by atoms with Gasteiger partial charge in [0.25, 0.3) is 0 Å². The average molecular weight is 308 g/mol. The highest BCUT2D eigenvalue weighted by molar-refractivity contribution is 7.10. The van der Waals surface area contributed by atoms with Crippen molar-refractivity contribution >= 4 is 34.5 Å². The van der Waals surface area contributed by atoms with Crippen LogP contribution in [0.15, 0.2) is 34.8 Å². The number of anilines is 1. The highest BCUT2D eigenvalue weighted by Crippen LogP contribution is 2.31. The van der Waals surface area contributed by atoms with Crippen molar-refractivity contribution in [3.05, 3.63) is 50.7 Å². The average Bonchev–Trinajstić information content (AvgIpc) is 2.93. The van der Waals surface area contributed by atoms with Gasteiger partial charge in [0.1, 0.15) is 0 Å². The maximum Gasteiger partial charge on any atom is 0.172 e. The fraction of sp³-hybridized carbons (Fsp3) is 0.214. The molecule has 0 amide bonds. The predicted molar refractivity (Wildman–Crippen MR) is 83.0 cm³/mol. The molecule has 3 N–H and O–H groups in total. The molecule has 3 rings (SSSR count). The van der Waals surface area contributed by atoms with E-state index in [1.807, 2.05) is 12.1 Å². The highest BCUT2D eigenvalue weighted by atomic mass is 35.5. The van der Waals surface area contributed by atoms with Gasteiger partial charge in [-0.1, -0.05) is 16.8 Å². The van der Waals surface area contributed by atoms with Gasteiger partial charge in [0.2, 0.25) is 0 Å². The molecule has 0 fully saturated rings. The summed E-state index contributed by atoms with van der Waals surface area (Å²) < 4.78 is 0. The van der Waals surface area contributed by atoms with E-state index in [0.717, 1.165) is 25.2 Å². The molecule has 0 spiro atoms. The zero-order valence-corrected chi connectivity index (χ0v) is 12.3. The zero-order valence-electron chi connectivity index (χ0n) is 10.7. The van der Waals surface area contributed by atoms with Crippen LogP contribution < -0.4 is 10.6 Å². The smallest absolute Gasteiger partial charge is 0.172 e. The molecule has 0 radical (unpaired) electrons. The van der Waals surface area contributed by atoms with Crippen molar-refractivity contribution in [2.45, 2.75) is 13.0 Å². The summed E-state index contributed by atoms with van der Waals surface area (Å²) in [4.78, 5) is 3.68. The van der Waals surface area contributed by atoms with Crippen molar-refractivity contribution < 1.29 is 5.21 Å². The lowest BCUT2D eigenvalue weighted by Crippen LogP contribution is -2.31. The van der Waals surface area contributed by atoms with Gasteiger partial charge < -0.3 is 15.8 Å². The Balaban J connectivity index is 1.99. The first-order valence-electron chi connectivity index (χ1n) is 6.26. The van der Waals surface area contributed by atoms with Crippen LogP contribution in [-0.2, 0) is 13.0 Å². The quantitative estimate of drug-likeness (QED) is 0.388. The summed E-state index contributed by atoms with van der Waals surface area (Å²) >= 11 is 7.82. The van der Waals surface area contributed by atoms with Crippen molar-refractivity contribution in [2.24, 2.45) is 10.9 Å². The molecule has 4 nitrogen and oxygen atoms in total. The molecule has 1 aliphatic heterocycles. The Kier molecular flexibility index (Phi) is 3.54. The summed E-state index contributed by atoms with van der Waals surface area (Å²) in [5.74, 6) is 0.0821. The summed E-state index contributed by atoms with van der Waals surface area (Å²) in [6.45, 7) is 1.76. The Morgan fingerprint density at radius 2 is 2.25 bits per heavy atom. The van der Waals surface area contributed by atoms with E-state index < -0.39 is 0 Å². The minimum atomic E-state index is 0.0821. The first-order valence-corrected chi connectivity index (χ1v) is 7.52. The summed E-state index contributed by atoms with van der Waals surface area (Å²) in [6, 6.07) is 7.64. The van der Waals surface area contributed by atoms with Crippen molar-refractivity contribution in [1.82, 2.24) is 0 Å². The van der Waals surface area contributed by atoms with Crippen molar-refractivity contribution in [3.8, 4) is 0 Å². The maximum atomic E-state index is 8.93. The molecule has 2 heterocycles. The molecule has 1 aliphatic rings. The number of benzene rings is 1. The Morgan fingerprint density at radius 3 is 3.05 bits per heavy atom. The molecule has 1 aromatic carbocycles. The monoisotopic (exact) mass is 307 g/mol. The number of amidine groups is 1. The second kappa shape index (κ2) is 5.34. The van der Waals surface area contributed by atoms with Crippen LogP contribution in [0, 0.1) is 0 Å². The minimum Gasteiger partial charge on any atom is -0.409 e. The van der Waals surface area contributed by atoms with Crippen LogP contribution in [0.4, 0.5) is 5.69 Å². The van der Waals surface area contributed by atoms with Crippen LogP contribution in [0.2, 0.25) is 5.02 Å². The number of nitrogens with two attached hydrogens (primary N) is 1. The van der Waals surface area contributed by atoms with Gasteiger partial charge in [-0.2, -0.15) is 0 Å². The second-order valence-corrected chi connectivity index (χ2v) is 6.12. The molecule has 104 valence electrons. The number of hydrogen-bond acceptors (Lipinski definition) is 4. The van der Waals surface area contributed by atoms with Crippen molar-refractivity contribution in [1.29, 1.82) is 0 Å². The van der Waals surface area contributed by atoms with Crippen LogP contribution in [0.3, 0.4) is 0 Å². The molecular weight excluding hydrogens is 294 g/mol. The zero-order chi connectivity index (χ0) is 14.1. The van der Waals surface area contributed by atoms with Gasteiger partial charge in [0, 0.05) is 34.2 Å². The number of nitrogens with zero attached hydrogens (tertiary/aromatic N) is 2. The Labute approximate surface area is 126 Å². The standard InChI is InChI=1S/C14H14ClN3OS/c15-10-1-2-12(11(7-10)14(16)17-19)18-5-3-13-9(8-18)4-6-20-13/h1-2,4,6-7,19H,3,5,8H2,(H2,16,17). The van der Waals surface area contributed by atoms with Gasteiger partial charge in [0.15, 0.2) is 5.84 Å². The maximum absolute atomic E-state index is 8.93. The molecule has 0 atom stereocenters. The molecule has 20 heavy (non-hydrogen) atoms. The van der Waals surface area contributed by atoms with Crippen molar-refractivity contribution in [3.63, 3.8) is 0 Å². The molecule has 2 aromatic rings. The third-order valence-corrected chi connectivity index (χ3v) is 4.75. The Bertz CT molecular complexity index is 668. The predicted octanol–water partition coefficient (Wildman–Crippen LogP) is 3.06. The van der Waals surface area contributed by atoms with E-state index in [0.29, 0.717) is 10.6 Å². The van der Waals surface area contributed by atoms with Crippen LogP contribution in [-0.4, -0.2) is 17.6 Å². The molecule has 0 saturated carbocycles. The van der Waals surface area contributed by atoms with Gasteiger partial charge in [-0.3, -0.25) is 0 Å². The number of fused-ring (bicyclic) bond motifs is 1. The van der Waals surface area contributed by atoms with E-state index in [2.05, 4.69) is 21.5 Å². The molecule has 0 unspecified atom stereocenters. The fourth-order valence-electron chi connectivity index (χ4n) is 2.50. The number of rotatable bonds is 2. The number of oxime groups is 1. The third-order valence-electron chi connectivity index (χ3n) is 3.49. The summed E-state index contributed by atoms with van der Waals surface area (Å²) in [5, 5.41) is 14.7. The lowest BCUT2D eigenvalue weighted by atomic mass is 10.1. The molecule has 0 aliphatic carbocycles. The van der Waals surface area contributed by atoms with E-state index in [9.17, 15) is 0 Å². The lowest BCUT2D eigenvalue weighted by molar-refractivity contribution is 0.318. The Morgan fingerprint density at radius 1 is 1.40 bits per heavy atom. The van der Waals surface area contributed by atoms with Gasteiger partial charge in [-0.15, -0.1) is 11.3 Å². The third kappa shape index (κ3) is 2.34. The topological polar surface area (TPSA) is 61.9 Å². The largest absolute Gasteiger partial charge is 0.409 e. The molecule has 1 aromatic heterocycles. The van der Waals surface area contributed by atoms with Gasteiger partial charge in [0.05, 0.1) is 0 Å². The first-order chi connectivity index (χ1) is 9.69. The lowest BCUT2D eigenvalue weighted by Gasteiger charge is -2.30. The van der Waals surface area contributed by atoms with Crippen LogP contribution in [0.25, 0.3) is 0 Å². The normalized spacial score (nSPS) is 15.2. The summed E-state index contributed by atoms with van der Waals surface area (Å²) in [5.41, 5.74) is 8.72. The van der Waals surface area contributed by atoms with Gasteiger partial charge in [-0.25, -0.2) is 0 Å². The molecule has 6 heteroatoms. The number of thiophene rings is 1. The minimum absolute atomic E-state index is 0.0821. The van der Waals surface area contributed by atoms with Crippen LogP contribution in [0.1, 0.15) is 16.0 Å². The van der Waals surface area contributed by atoms with Crippen molar-refractivity contribution in [2.75, 3.05) is 11.4 Å². The van der Waals surface area contributed by atoms with Gasteiger partial charge >= 0.3 is 0 Å². The number of halogens is 1. The second-order valence-electron chi connectivity index (χ2n) is 4.69. The van der Waals surface area contributed by atoms with E-state index in [-0.39, 0.29) is 5.84 Å². The summed E-state index contributed by atoms with van der Waals surface area (Å²) in [6.07, 6.45) is 1.02. The number of hydrogen-bond donors (Lipinski definition) is 2. The van der Waals surface area contributed by atoms with Gasteiger partial charge in [-0.05, 0) is 41.6 Å². The van der Waals surface area contributed by atoms with E-state index in [4.69, 9.17) is 22.5 Å². The van der Waals surface area contributed by atoms with Crippen LogP contribution >= 0.6 is 22.9 Å². The van der Waals surface area contributed by atoms with E-state index >= 15 is 0 Å². The van der Waals surface area contributed by atoms with E-state index in [1.165, 1.54) is 10.4 Å². The molecular formula is C14H14ClN3OS.